The highest BCUT2D eigenvalue weighted by Crippen LogP contribution is 2.08. The molecule has 1 aliphatic rings. The average molecular weight is 278 g/mol. The van der Waals surface area contributed by atoms with Gasteiger partial charge in [-0.15, -0.1) is 0 Å². The number of nitrogens with zero attached hydrogens (tertiary/aromatic N) is 1. The van der Waals surface area contributed by atoms with Crippen molar-refractivity contribution < 1.29 is 23.5 Å². The van der Waals surface area contributed by atoms with Gasteiger partial charge in [0, 0.05) is 12.8 Å². The lowest BCUT2D eigenvalue weighted by molar-refractivity contribution is -0.134. The van der Waals surface area contributed by atoms with Gasteiger partial charge >= 0.3 is 5.97 Å². The second kappa shape index (κ2) is 6.05. The number of carbonyl (C=O) groups excluding carboxylic acids is 3. The molecule has 1 aliphatic heterocycles. The number of esters is 1. The van der Waals surface area contributed by atoms with Crippen molar-refractivity contribution in [2.45, 2.75) is 12.8 Å². The summed E-state index contributed by atoms with van der Waals surface area (Å²) in [6.45, 7) is -0.577. The molecule has 1 N–H and O–H groups in total. The van der Waals surface area contributed by atoms with E-state index < -0.39 is 24.2 Å². The van der Waals surface area contributed by atoms with E-state index >= 15 is 0 Å². The van der Waals surface area contributed by atoms with Crippen molar-refractivity contribution in [3.63, 3.8) is 0 Å². The monoisotopic (exact) mass is 278 g/mol. The summed E-state index contributed by atoms with van der Waals surface area (Å²) in [5, 5.41) is 3.54. The molecule has 0 unspecified atom stereocenters. The molecule has 7 heteroatoms. The van der Waals surface area contributed by atoms with Gasteiger partial charge in [0.15, 0.2) is 6.61 Å². The number of ketones is 1. The molecule has 2 rings (SSSR count). The van der Waals surface area contributed by atoms with E-state index in [1.54, 1.807) is 0 Å². The van der Waals surface area contributed by atoms with E-state index in [2.05, 4.69) is 10.5 Å². The third-order valence-corrected chi connectivity index (χ3v) is 2.65. The zero-order valence-electron chi connectivity index (χ0n) is 10.4. The summed E-state index contributed by atoms with van der Waals surface area (Å²) in [5.41, 5.74) is 2.04. The predicted octanol–water partition coefficient (Wildman–Crippen LogP) is 0.818. The van der Waals surface area contributed by atoms with Gasteiger partial charge in [0.25, 0.3) is 0 Å². The highest BCUT2D eigenvalue weighted by Gasteiger charge is 2.21. The Hall–Kier alpha value is -2.57. The summed E-state index contributed by atoms with van der Waals surface area (Å²) < 4.78 is 18.1. The van der Waals surface area contributed by atoms with Crippen LogP contribution in [0.2, 0.25) is 0 Å². The van der Waals surface area contributed by atoms with E-state index in [0.29, 0.717) is 0 Å². The Labute approximate surface area is 113 Å². The van der Waals surface area contributed by atoms with Gasteiger partial charge < -0.3 is 4.74 Å². The maximum Gasteiger partial charge on any atom is 0.354 e. The third kappa shape index (κ3) is 3.25. The Morgan fingerprint density at radius 3 is 2.70 bits per heavy atom. The molecule has 6 nitrogen and oxygen atoms in total. The number of ether oxygens (including phenoxy) is 1. The van der Waals surface area contributed by atoms with Gasteiger partial charge in [-0.3, -0.25) is 9.59 Å². The molecule has 1 heterocycles. The SMILES string of the molecule is O=C1CCC(C(=O)OCC(=O)c2ccccc2F)=NN1. The van der Waals surface area contributed by atoms with Crippen LogP contribution in [0.15, 0.2) is 29.4 Å². The minimum atomic E-state index is -0.797. The molecule has 0 saturated heterocycles. The molecule has 0 fully saturated rings. The predicted molar refractivity (Wildman–Crippen MR) is 66.5 cm³/mol. The molecule has 104 valence electrons. The van der Waals surface area contributed by atoms with E-state index in [1.165, 1.54) is 18.2 Å². The van der Waals surface area contributed by atoms with Crippen LogP contribution >= 0.6 is 0 Å². The van der Waals surface area contributed by atoms with Crippen molar-refractivity contribution in [1.29, 1.82) is 0 Å². The van der Waals surface area contributed by atoms with Gasteiger partial charge in [0.1, 0.15) is 11.5 Å². The van der Waals surface area contributed by atoms with E-state index in [1.807, 2.05) is 0 Å². The molecule has 0 spiro atoms. The van der Waals surface area contributed by atoms with Crippen LogP contribution in [-0.4, -0.2) is 30.0 Å². The fourth-order valence-corrected chi connectivity index (χ4v) is 1.60. The molecule has 1 amide bonds. The van der Waals surface area contributed by atoms with Crippen LogP contribution < -0.4 is 5.43 Å². The number of nitrogens with one attached hydrogen (secondary N) is 1. The van der Waals surface area contributed by atoms with Crippen molar-refractivity contribution in [2.75, 3.05) is 6.61 Å². The normalized spacial score (nSPS) is 14.2. The topological polar surface area (TPSA) is 84.8 Å². The minimum absolute atomic E-state index is 0.0333. The van der Waals surface area contributed by atoms with Gasteiger partial charge in [-0.05, 0) is 12.1 Å². The van der Waals surface area contributed by atoms with Crippen LogP contribution in [0, 0.1) is 5.82 Å². The number of Topliss-reactive ketones (excluding diaryl/α,β-unsaturated/α-hetero) is 1. The molecule has 0 bridgehead atoms. The zero-order chi connectivity index (χ0) is 14.5. The molecule has 1 aromatic rings. The standard InChI is InChI=1S/C13H11FN2O4/c14-9-4-2-1-3-8(9)11(17)7-20-13(19)10-5-6-12(18)16-15-10/h1-4H,5-7H2,(H,16,18). The van der Waals surface area contributed by atoms with Crippen molar-refractivity contribution >= 4 is 23.4 Å². The lowest BCUT2D eigenvalue weighted by Crippen LogP contribution is -2.31. The quantitative estimate of drug-likeness (QED) is 0.652. The summed E-state index contributed by atoms with van der Waals surface area (Å²) in [7, 11) is 0. The van der Waals surface area contributed by atoms with Crippen LogP contribution in [0.1, 0.15) is 23.2 Å². The average Bonchev–Trinajstić information content (AvgIpc) is 2.45. The number of halogens is 1. The van der Waals surface area contributed by atoms with Crippen LogP contribution in [-0.2, 0) is 14.3 Å². The zero-order valence-corrected chi connectivity index (χ0v) is 10.4. The molecular formula is C13H11FN2O4. The van der Waals surface area contributed by atoms with Crippen LogP contribution in [0.4, 0.5) is 4.39 Å². The molecule has 0 aromatic heterocycles. The van der Waals surface area contributed by atoms with Gasteiger partial charge in [-0.25, -0.2) is 14.6 Å². The Morgan fingerprint density at radius 1 is 1.30 bits per heavy atom. The number of hydrogen-bond donors (Lipinski definition) is 1. The first kappa shape index (κ1) is 13.9. The molecule has 20 heavy (non-hydrogen) atoms. The van der Waals surface area contributed by atoms with Crippen molar-refractivity contribution in [3.8, 4) is 0 Å². The molecule has 0 saturated carbocycles. The minimum Gasteiger partial charge on any atom is -0.453 e. The number of hydrazone groups is 1. The molecular weight excluding hydrogens is 267 g/mol. The first-order valence-electron chi connectivity index (χ1n) is 5.88. The smallest absolute Gasteiger partial charge is 0.354 e. The van der Waals surface area contributed by atoms with E-state index in [4.69, 9.17) is 4.74 Å². The fourth-order valence-electron chi connectivity index (χ4n) is 1.60. The van der Waals surface area contributed by atoms with Crippen molar-refractivity contribution in [1.82, 2.24) is 5.43 Å². The second-order valence-corrected chi connectivity index (χ2v) is 4.07. The van der Waals surface area contributed by atoms with Crippen LogP contribution in [0.3, 0.4) is 0 Å². The maximum atomic E-state index is 13.3. The third-order valence-electron chi connectivity index (χ3n) is 2.65. The fraction of sp³-hybridized carbons (Fsp3) is 0.231. The summed E-state index contributed by atoms with van der Waals surface area (Å²) in [5.74, 6) is -2.40. The molecule has 0 atom stereocenters. The Bertz CT molecular complexity index is 598. The number of amides is 1. The van der Waals surface area contributed by atoms with Crippen LogP contribution in [0.25, 0.3) is 0 Å². The van der Waals surface area contributed by atoms with E-state index in [9.17, 15) is 18.8 Å². The number of hydrogen-bond acceptors (Lipinski definition) is 5. The lowest BCUT2D eigenvalue weighted by Gasteiger charge is -2.11. The second-order valence-electron chi connectivity index (χ2n) is 4.07. The van der Waals surface area contributed by atoms with Gasteiger partial charge in [-0.1, -0.05) is 12.1 Å². The summed E-state index contributed by atoms with van der Waals surface area (Å²) in [4.78, 5) is 34.1. The van der Waals surface area contributed by atoms with Crippen molar-refractivity contribution in [2.24, 2.45) is 5.10 Å². The summed E-state index contributed by atoms with van der Waals surface area (Å²) in [6, 6.07) is 5.43. The molecule has 0 aliphatic carbocycles. The van der Waals surface area contributed by atoms with Gasteiger partial charge in [0.05, 0.1) is 5.56 Å². The van der Waals surface area contributed by atoms with Crippen molar-refractivity contribution in [3.05, 3.63) is 35.6 Å². The van der Waals surface area contributed by atoms with E-state index in [0.717, 1.165) is 6.07 Å². The number of carbonyl (C=O) groups is 3. The Balaban J connectivity index is 1.92. The van der Waals surface area contributed by atoms with Gasteiger partial charge in [-0.2, -0.15) is 5.10 Å². The molecule has 1 aromatic carbocycles. The Morgan fingerprint density at radius 2 is 2.05 bits per heavy atom. The maximum absolute atomic E-state index is 13.3. The Kier molecular flexibility index (Phi) is 4.19. The molecule has 0 radical (unpaired) electrons. The first-order chi connectivity index (χ1) is 9.58. The highest BCUT2D eigenvalue weighted by atomic mass is 19.1. The lowest BCUT2D eigenvalue weighted by atomic mass is 10.1. The summed E-state index contributed by atoms with van der Waals surface area (Å²) in [6.07, 6.45) is 0.285. The number of rotatable bonds is 4. The largest absolute Gasteiger partial charge is 0.453 e. The summed E-state index contributed by atoms with van der Waals surface area (Å²) >= 11 is 0. The van der Waals surface area contributed by atoms with Crippen LogP contribution in [0.5, 0.6) is 0 Å². The highest BCUT2D eigenvalue weighted by molar-refractivity contribution is 6.37. The van der Waals surface area contributed by atoms with E-state index in [-0.39, 0.29) is 30.0 Å². The number of benzene rings is 1. The first-order valence-corrected chi connectivity index (χ1v) is 5.88. The van der Waals surface area contributed by atoms with Gasteiger partial charge in [0.2, 0.25) is 11.7 Å².